The molecule has 2 aromatic heterocycles. The Labute approximate surface area is 164 Å². The molecule has 0 aliphatic rings. The molecule has 0 radical (unpaired) electrons. The first-order valence-electron chi connectivity index (χ1n) is 9.00. The van der Waals surface area contributed by atoms with Gasteiger partial charge in [-0.05, 0) is 32.1 Å². The van der Waals surface area contributed by atoms with Crippen LogP contribution in [0.1, 0.15) is 27.3 Å². The van der Waals surface area contributed by atoms with Gasteiger partial charge in [-0.15, -0.1) is 6.58 Å². The largest absolute Gasteiger partial charge is 0.454 e. The number of hydrogen-bond acceptors (Lipinski definition) is 4. The summed E-state index contributed by atoms with van der Waals surface area (Å²) in [6.07, 6.45) is 6.45. The minimum Gasteiger partial charge on any atom is -0.454 e. The summed E-state index contributed by atoms with van der Waals surface area (Å²) in [5.41, 5.74) is 4.00. The van der Waals surface area contributed by atoms with Crippen LogP contribution in [-0.2, 0) is 16.1 Å². The molecule has 3 aromatic rings. The Balaban J connectivity index is 1.66. The first kappa shape index (κ1) is 19.3. The number of rotatable bonds is 7. The van der Waals surface area contributed by atoms with Crippen LogP contribution >= 0.6 is 0 Å². The van der Waals surface area contributed by atoms with Gasteiger partial charge in [0.2, 0.25) is 5.78 Å². The quantitative estimate of drug-likeness (QED) is 0.268. The second-order valence-corrected chi connectivity index (χ2v) is 6.47. The van der Waals surface area contributed by atoms with E-state index in [1.165, 1.54) is 6.08 Å². The third kappa shape index (κ3) is 4.09. The van der Waals surface area contributed by atoms with Crippen molar-refractivity contribution < 1.29 is 14.3 Å². The molecule has 0 amide bonds. The lowest BCUT2D eigenvalue weighted by Crippen LogP contribution is -2.13. The highest BCUT2D eigenvalue weighted by Gasteiger charge is 2.16. The maximum absolute atomic E-state index is 12.4. The molecule has 0 aliphatic heterocycles. The third-order valence-corrected chi connectivity index (χ3v) is 4.59. The van der Waals surface area contributed by atoms with Crippen molar-refractivity contribution >= 4 is 28.7 Å². The van der Waals surface area contributed by atoms with Gasteiger partial charge < -0.3 is 9.30 Å². The van der Waals surface area contributed by atoms with Gasteiger partial charge in [0.15, 0.2) is 6.61 Å². The summed E-state index contributed by atoms with van der Waals surface area (Å²) in [4.78, 5) is 28.8. The molecule has 5 nitrogen and oxygen atoms in total. The van der Waals surface area contributed by atoms with Gasteiger partial charge >= 0.3 is 5.97 Å². The van der Waals surface area contributed by atoms with Crippen molar-refractivity contribution in [1.29, 1.82) is 0 Å². The Morgan fingerprint density at radius 2 is 2.00 bits per heavy atom. The number of carbonyl (C=O) groups excluding carboxylic acids is 2. The van der Waals surface area contributed by atoms with Crippen LogP contribution in [0, 0.1) is 13.8 Å². The lowest BCUT2D eigenvalue weighted by atomic mass is 10.1. The summed E-state index contributed by atoms with van der Waals surface area (Å²) in [5, 5.41) is 0.989. The Kier molecular flexibility index (Phi) is 5.84. The molecule has 0 atom stereocenters. The standard InChI is InChI=1S/C23H22N2O3/c1-4-13-25-16(2)14-20(17(25)3)21(26)15-28-22(27)11-10-19-8-5-7-18-9-6-12-24-23(18)19/h4-12,14H,1,13,15H2,2-3H3/b11-10+. The number of carbonyl (C=O) groups is 2. The molecule has 0 N–H and O–H groups in total. The van der Waals surface area contributed by atoms with Crippen molar-refractivity contribution in [1.82, 2.24) is 9.55 Å². The molecule has 2 heterocycles. The molecular weight excluding hydrogens is 352 g/mol. The highest BCUT2D eigenvalue weighted by atomic mass is 16.5. The van der Waals surface area contributed by atoms with Gasteiger partial charge in [0, 0.05) is 46.7 Å². The Morgan fingerprint density at radius 3 is 2.79 bits per heavy atom. The van der Waals surface area contributed by atoms with Crippen LogP contribution in [0.25, 0.3) is 17.0 Å². The zero-order chi connectivity index (χ0) is 20.1. The zero-order valence-electron chi connectivity index (χ0n) is 16.0. The lowest BCUT2D eigenvalue weighted by molar-refractivity contribution is -0.136. The van der Waals surface area contributed by atoms with E-state index in [-0.39, 0.29) is 12.4 Å². The van der Waals surface area contributed by atoms with Crippen LogP contribution in [-0.4, -0.2) is 27.9 Å². The SMILES string of the molecule is C=CCn1c(C)cc(C(=O)COC(=O)/C=C/c2cccc3cccnc23)c1C. The number of esters is 1. The molecule has 0 saturated heterocycles. The number of aryl methyl sites for hydroxylation is 1. The molecule has 1 aromatic carbocycles. The number of pyridine rings is 1. The van der Waals surface area contributed by atoms with E-state index in [1.54, 1.807) is 18.3 Å². The molecule has 0 aliphatic carbocycles. The van der Waals surface area contributed by atoms with Crippen molar-refractivity contribution in [3.63, 3.8) is 0 Å². The van der Waals surface area contributed by atoms with Crippen molar-refractivity contribution in [3.8, 4) is 0 Å². The number of ether oxygens (including phenoxy) is 1. The van der Waals surface area contributed by atoms with Crippen LogP contribution in [0.2, 0.25) is 0 Å². The van der Waals surface area contributed by atoms with Crippen LogP contribution in [0.4, 0.5) is 0 Å². The van der Waals surface area contributed by atoms with E-state index < -0.39 is 5.97 Å². The van der Waals surface area contributed by atoms with E-state index in [4.69, 9.17) is 4.74 Å². The maximum Gasteiger partial charge on any atom is 0.331 e. The molecule has 0 spiro atoms. The van der Waals surface area contributed by atoms with Crippen molar-refractivity contribution in [2.24, 2.45) is 0 Å². The lowest BCUT2D eigenvalue weighted by Gasteiger charge is -2.06. The van der Waals surface area contributed by atoms with Crippen LogP contribution in [0.5, 0.6) is 0 Å². The van der Waals surface area contributed by atoms with Gasteiger partial charge in [-0.3, -0.25) is 9.78 Å². The first-order chi connectivity index (χ1) is 13.5. The summed E-state index contributed by atoms with van der Waals surface area (Å²) in [6, 6.07) is 11.4. The van der Waals surface area contributed by atoms with E-state index in [2.05, 4.69) is 11.6 Å². The fourth-order valence-corrected chi connectivity index (χ4v) is 3.18. The summed E-state index contributed by atoms with van der Waals surface area (Å²) in [5.74, 6) is -0.793. The molecule has 0 bridgehead atoms. The fraction of sp³-hybridized carbons (Fsp3) is 0.174. The molecule has 28 heavy (non-hydrogen) atoms. The zero-order valence-corrected chi connectivity index (χ0v) is 16.0. The predicted octanol–water partition coefficient (Wildman–Crippen LogP) is 4.28. The van der Waals surface area contributed by atoms with Gasteiger partial charge in [-0.2, -0.15) is 0 Å². The number of aromatic nitrogens is 2. The van der Waals surface area contributed by atoms with Gasteiger partial charge in [-0.25, -0.2) is 4.79 Å². The van der Waals surface area contributed by atoms with Gasteiger partial charge in [0.1, 0.15) is 0 Å². The van der Waals surface area contributed by atoms with Crippen molar-refractivity contribution in [2.45, 2.75) is 20.4 Å². The molecule has 0 saturated carbocycles. The summed E-state index contributed by atoms with van der Waals surface area (Å²) < 4.78 is 7.13. The monoisotopic (exact) mass is 374 g/mol. The molecule has 0 unspecified atom stereocenters. The molecular formula is C23H22N2O3. The number of para-hydroxylation sites is 1. The van der Waals surface area contributed by atoms with Gasteiger partial charge in [-0.1, -0.05) is 30.3 Å². The normalized spacial score (nSPS) is 11.1. The Hall–Kier alpha value is -3.47. The highest BCUT2D eigenvalue weighted by molar-refractivity contribution is 6.00. The number of nitrogens with zero attached hydrogens (tertiary/aromatic N) is 2. The number of benzene rings is 1. The van der Waals surface area contributed by atoms with Gasteiger partial charge in [0.25, 0.3) is 0 Å². The third-order valence-electron chi connectivity index (χ3n) is 4.59. The number of ketones is 1. The van der Waals surface area contributed by atoms with E-state index in [1.807, 2.05) is 54.8 Å². The van der Waals surface area contributed by atoms with E-state index in [0.717, 1.165) is 27.9 Å². The molecule has 5 heteroatoms. The van der Waals surface area contributed by atoms with Crippen LogP contribution in [0.3, 0.4) is 0 Å². The molecule has 3 rings (SSSR count). The average Bonchev–Trinajstić information content (AvgIpc) is 2.99. The number of hydrogen-bond donors (Lipinski definition) is 0. The van der Waals surface area contributed by atoms with Gasteiger partial charge in [0.05, 0.1) is 5.52 Å². The molecule has 142 valence electrons. The second-order valence-electron chi connectivity index (χ2n) is 6.47. The smallest absolute Gasteiger partial charge is 0.331 e. The van der Waals surface area contributed by atoms with E-state index >= 15 is 0 Å². The van der Waals surface area contributed by atoms with E-state index in [9.17, 15) is 9.59 Å². The summed E-state index contributed by atoms with van der Waals surface area (Å²) in [7, 11) is 0. The summed E-state index contributed by atoms with van der Waals surface area (Å²) in [6.45, 7) is 7.87. The Bertz CT molecular complexity index is 1070. The summed E-state index contributed by atoms with van der Waals surface area (Å²) >= 11 is 0. The highest BCUT2D eigenvalue weighted by Crippen LogP contribution is 2.18. The maximum atomic E-state index is 12.4. The van der Waals surface area contributed by atoms with Crippen LogP contribution < -0.4 is 0 Å². The van der Waals surface area contributed by atoms with Crippen LogP contribution in [0.15, 0.2) is 61.3 Å². The fourth-order valence-electron chi connectivity index (χ4n) is 3.18. The predicted molar refractivity (Wildman–Crippen MR) is 110 cm³/mol. The number of Topliss-reactive ketones (excluding diaryl/α,β-unsaturated/α-hetero) is 1. The number of fused-ring (bicyclic) bond motifs is 1. The number of allylic oxidation sites excluding steroid dienone is 1. The first-order valence-corrected chi connectivity index (χ1v) is 9.00. The van der Waals surface area contributed by atoms with Crippen molar-refractivity contribution in [2.75, 3.05) is 6.61 Å². The van der Waals surface area contributed by atoms with E-state index in [0.29, 0.717) is 12.1 Å². The minimum absolute atomic E-state index is 0.225. The topological polar surface area (TPSA) is 61.2 Å². The second kappa shape index (κ2) is 8.48. The minimum atomic E-state index is -0.568. The Morgan fingerprint density at radius 1 is 1.21 bits per heavy atom. The average molecular weight is 374 g/mol. The van der Waals surface area contributed by atoms with Crippen molar-refractivity contribution in [3.05, 3.63) is 83.8 Å². The molecule has 0 fully saturated rings.